The molecular formula is C18H21N3S. The molecule has 0 saturated carbocycles. The molecule has 0 aliphatic heterocycles. The summed E-state index contributed by atoms with van der Waals surface area (Å²) in [5, 5.41) is 7.78. The fraction of sp³-hybridized carbons (Fsp3) is 0.222. The number of rotatable bonds is 5. The highest BCUT2D eigenvalue weighted by atomic mass is 32.1. The summed E-state index contributed by atoms with van der Waals surface area (Å²) in [4.78, 5) is 0. The van der Waals surface area contributed by atoms with E-state index in [2.05, 4.69) is 66.1 Å². The summed E-state index contributed by atoms with van der Waals surface area (Å²) in [7, 11) is 0. The van der Waals surface area contributed by atoms with Gasteiger partial charge in [0.05, 0.1) is 6.21 Å². The molecule has 3 nitrogen and oxygen atoms in total. The smallest absolute Gasteiger partial charge is 0.187 e. The topological polar surface area (TPSA) is 36.4 Å². The van der Waals surface area contributed by atoms with Gasteiger partial charge in [0.2, 0.25) is 0 Å². The van der Waals surface area contributed by atoms with Crippen LogP contribution in [0.4, 0.5) is 0 Å². The van der Waals surface area contributed by atoms with Crippen molar-refractivity contribution in [2.24, 2.45) is 5.10 Å². The fourth-order valence-corrected chi connectivity index (χ4v) is 2.08. The van der Waals surface area contributed by atoms with Crippen LogP contribution in [0.2, 0.25) is 0 Å². The molecule has 0 saturated heterocycles. The van der Waals surface area contributed by atoms with Gasteiger partial charge < -0.3 is 5.32 Å². The van der Waals surface area contributed by atoms with Crippen LogP contribution in [0.5, 0.6) is 0 Å². The molecule has 0 aromatic heterocycles. The average Bonchev–Trinajstić information content (AvgIpc) is 2.54. The van der Waals surface area contributed by atoms with Crippen LogP contribution in [0.3, 0.4) is 0 Å². The largest absolute Gasteiger partial charge is 0.357 e. The van der Waals surface area contributed by atoms with Crippen molar-refractivity contribution >= 4 is 23.5 Å². The number of hydrogen-bond donors (Lipinski definition) is 2. The molecule has 0 radical (unpaired) electrons. The molecule has 2 aromatic rings. The monoisotopic (exact) mass is 311 g/mol. The third kappa shape index (κ3) is 5.30. The van der Waals surface area contributed by atoms with Crippen LogP contribution in [0, 0.1) is 0 Å². The van der Waals surface area contributed by atoms with E-state index in [4.69, 9.17) is 12.2 Å². The maximum absolute atomic E-state index is 5.19. The van der Waals surface area contributed by atoms with Crippen molar-refractivity contribution in [2.45, 2.75) is 26.3 Å². The van der Waals surface area contributed by atoms with Gasteiger partial charge in [-0.2, -0.15) is 5.10 Å². The van der Waals surface area contributed by atoms with Gasteiger partial charge in [0.25, 0.3) is 0 Å². The Kier molecular flexibility index (Phi) is 6.10. The first-order valence-electron chi connectivity index (χ1n) is 7.36. The molecule has 4 heteroatoms. The number of thiocarbonyl (C=S) groups is 1. The molecule has 2 aromatic carbocycles. The van der Waals surface area contributed by atoms with Crippen LogP contribution in [0.25, 0.3) is 0 Å². The minimum atomic E-state index is 0.513. The van der Waals surface area contributed by atoms with Gasteiger partial charge in [-0.1, -0.05) is 68.4 Å². The van der Waals surface area contributed by atoms with Crippen molar-refractivity contribution < 1.29 is 0 Å². The second-order valence-corrected chi connectivity index (χ2v) is 5.77. The van der Waals surface area contributed by atoms with E-state index in [9.17, 15) is 0 Å². The number of nitrogens with zero attached hydrogens (tertiary/aromatic N) is 1. The lowest BCUT2D eigenvalue weighted by Crippen LogP contribution is -2.31. The van der Waals surface area contributed by atoms with Crippen LogP contribution in [0.15, 0.2) is 59.7 Å². The molecule has 0 aliphatic rings. The quantitative estimate of drug-likeness (QED) is 0.501. The van der Waals surface area contributed by atoms with E-state index in [1.54, 1.807) is 6.21 Å². The number of hydrogen-bond acceptors (Lipinski definition) is 2. The molecular weight excluding hydrogens is 290 g/mol. The minimum Gasteiger partial charge on any atom is -0.357 e. The van der Waals surface area contributed by atoms with Gasteiger partial charge in [0, 0.05) is 6.54 Å². The molecule has 0 fully saturated rings. The zero-order valence-corrected chi connectivity index (χ0v) is 13.7. The summed E-state index contributed by atoms with van der Waals surface area (Å²) >= 11 is 5.19. The Labute approximate surface area is 137 Å². The second kappa shape index (κ2) is 8.29. The molecule has 0 heterocycles. The van der Waals surface area contributed by atoms with Crippen LogP contribution in [-0.2, 0) is 6.54 Å². The normalized spacial score (nSPS) is 10.9. The van der Waals surface area contributed by atoms with E-state index in [1.807, 2.05) is 18.2 Å². The molecule has 2 N–H and O–H groups in total. The number of benzene rings is 2. The number of nitrogens with one attached hydrogen (secondary N) is 2. The lowest BCUT2D eigenvalue weighted by atomic mass is 10.0. The standard InChI is InChI=1S/C18H21N3S/c1-14(2)17-10-8-16(9-11-17)13-20-21-18(22)19-12-15-6-4-3-5-7-15/h3-11,13-14H,12H2,1-2H3,(H2,19,21,22)/b20-13-. The van der Waals surface area contributed by atoms with Crippen LogP contribution in [0.1, 0.15) is 36.5 Å². The molecule has 0 atom stereocenters. The maximum Gasteiger partial charge on any atom is 0.187 e. The Morgan fingerprint density at radius 3 is 2.41 bits per heavy atom. The summed E-state index contributed by atoms with van der Waals surface area (Å²) in [5.41, 5.74) is 6.38. The Morgan fingerprint density at radius 1 is 1.09 bits per heavy atom. The van der Waals surface area contributed by atoms with Crippen molar-refractivity contribution in [1.82, 2.24) is 10.7 Å². The predicted octanol–water partition coefficient (Wildman–Crippen LogP) is 3.81. The SMILES string of the molecule is CC(C)c1ccc(/C=N\NC(=S)NCc2ccccc2)cc1. The van der Waals surface area contributed by atoms with Crippen molar-refractivity contribution in [3.63, 3.8) is 0 Å². The van der Waals surface area contributed by atoms with E-state index in [0.717, 1.165) is 5.56 Å². The Morgan fingerprint density at radius 2 is 1.77 bits per heavy atom. The van der Waals surface area contributed by atoms with Gasteiger partial charge in [-0.3, -0.25) is 5.43 Å². The highest BCUT2D eigenvalue weighted by Crippen LogP contribution is 2.13. The van der Waals surface area contributed by atoms with E-state index in [-0.39, 0.29) is 0 Å². The first-order chi connectivity index (χ1) is 10.6. The van der Waals surface area contributed by atoms with E-state index in [1.165, 1.54) is 11.1 Å². The molecule has 0 amide bonds. The summed E-state index contributed by atoms with van der Waals surface area (Å²) in [6, 6.07) is 18.5. The highest BCUT2D eigenvalue weighted by Gasteiger charge is 1.98. The summed E-state index contributed by atoms with van der Waals surface area (Å²) in [6.45, 7) is 5.05. The van der Waals surface area contributed by atoms with Crippen molar-refractivity contribution in [1.29, 1.82) is 0 Å². The van der Waals surface area contributed by atoms with E-state index in [0.29, 0.717) is 17.6 Å². The van der Waals surface area contributed by atoms with Gasteiger partial charge in [-0.15, -0.1) is 0 Å². The first kappa shape index (κ1) is 16.2. The average molecular weight is 311 g/mol. The Hall–Kier alpha value is -2.20. The van der Waals surface area contributed by atoms with Crippen molar-refractivity contribution in [3.05, 3.63) is 71.3 Å². The Balaban J connectivity index is 1.78. The van der Waals surface area contributed by atoms with E-state index >= 15 is 0 Å². The lowest BCUT2D eigenvalue weighted by molar-refractivity contribution is 0.865. The van der Waals surface area contributed by atoms with Gasteiger partial charge >= 0.3 is 0 Å². The zero-order chi connectivity index (χ0) is 15.8. The Bertz CT molecular complexity index is 619. The third-order valence-electron chi connectivity index (χ3n) is 3.28. The summed E-state index contributed by atoms with van der Waals surface area (Å²) in [6.07, 6.45) is 1.76. The van der Waals surface area contributed by atoms with Gasteiger partial charge in [0.1, 0.15) is 0 Å². The van der Waals surface area contributed by atoms with Crippen molar-refractivity contribution in [3.8, 4) is 0 Å². The van der Waals surface area contributed by atoms with Crippen LogP contribution >= 0.6 is 12.2 Å². The van der Waals surface area contributed by atoms with Gasteiger partial charge in [0.15, 0.2) is 5.11 Å². The minimum absolute atomic E-state index is 0.513. The molecule has 2 rings (SSSR count). The molecule has 0 bridgehead atoms. The summed E-state index contributed by atoms with van der Waals surface area (Å²) in [5.74, 6) is 0.541. The van der Waals surface area contributed by atoms with Crippen LogP contribution < -0.4 is 10.7 Å². The molecule has 0 aliphatic carbocycles. The molecule has 0 spiro atoms. The predicted molar refractivity (Wildman–Crippen MR) is 97.1 cm³/mol. The highest BCUT2D eigenvalue weighted by molar-refractivity contribution is 7.80. The fourth-order valence-electron chi connectivity index (χ4n) is 1.95. The lowest BCUT2D eigenvalue weighted by Gasteiger charge is -2.07. The van der Waals surface area contributed by atoms with Gasteiger partial charge in [-0.25, -0.2) is 0 Å². The molecule has 22 heavy (non-hydrogen) atoms. The zero-order valence-electron chi connectivity index (χ0n) is 12.9. The number of hydrazone groups is 1. The molecule has 114 valence electrons. The van der Waals surface area contributed by atoms with Crippen LogP contribution in [-0.4, -0.2) is 11.3 Å². The van der Waals surface area contributed by atoms with E-state index < -0.39 is 0 Å². The second-order valence-electron chi connectivity index (χ2n) is 5.36. The maximum atomic E-state index is 5.19. The van der Waals surface area contributed by atoms with Gasteiger partial charge in [-0.05, 0) is 34.8 Å². The summed E-state index contributed by atoms with van der Waals surface area (Å²) < 4.78 is 0. The molecule has 0 unspecified atom stereocenters. The first-order valence-corrected chi connectivity index (χ1v) is 7.77. The third-order valence-corrected chi connectivity index (χ3v) is 3.51. The van der Waals surface area contributed by atoms with Crippen molar-refractivity contribution in [2.75, 3.05) is 0 Å².